The number of piperazine rings is 1. The highest BCUT2D eigenvalue weighted by Gasteiger charge is 2.37. The summed E-state index contributed by atoms with van der Waals surface area (Å²) in [4.78, 5) is 40.8. The zero-order valence-electron chi connectivity index (χ0n) is 25.0. The molecule has 2 aliphatic rings. The van der Waals surface area contributed by atoms with Gasteiger partial charge in [-0.15, -0.1) is 0 Å². The smallest absolute Gasteiger partial charge is 0.417 e. The number of aromatic nitrogens is 3. The van der Waals surface area contributed by atoms with E-state index in [-0.39, 0.29) is 42.4 Å². The molecule has 1 fully saturated rings. The average Bonchev–Trinajstić information content (AvgIpc) is 3.01. The molecule has 4 heterocycles. The van der Waals surface area contributed by atoms with Gasteiger partial charge in [0, 0.05) is 56.6 Å². The highest BCUT2D eigenvalue weighted by Crippen LogP contribution is 2.39. The van der Waals surface area contributed by atoms with Gasteiger partial charge in [-0.05, 0) is 39.0 Å². The number of hydrogen-bond donors (Lipinski definition) is 2. The van der Waals surface area contributed by atoms with Crippen LogP contribution in [0, 0.1) is 11.6 Å². The molecule has 0 radical (unpaired) electrons. The summed E-state index contributed by atoms with van der Waals surface area (Å²) in [5.41, 5.74) is -3.99. The Kier molecular flexibility index (Phi) is 8.83. The lowest BCUT2D eigenvalue weighted by atomic mass is 9.95. The molecule has 1 amide bonds. The number of rotatable bonds is 6. The van der Waals surface area contributed by atoms with Crippen molar-refractivity contribution in [3.8, 4) is 5.88 Å². The van der Waals surface area contributed by atoms with Crippen LogP contribution >= 0.6 is 0 Å². The van der Waals surface area contributed by atoms with Gasteiger partial charge in [0.15, 0.2) is 11.6 Å². The van der Waals surface area contributed by atoms with Crippen LogP contribution in [0.15, 0.2) is 41.6 Å². The van der Waals surface area contributed by atoms with Gasteiger partial charge in [-0.3, -0.25) is 14.5 Å². The first-order chi connectivity index (χ1) is 21.3. The molecule has 45 heavy (non-hydrogen) atoms. The van der Waals surface area contributed by atoms with Gasteiger partial charge in [-0.25, -0.2) is 18.7 Å². The number of nitrogens with zero attached hydrogens (tertiary/aromatic N) is 5. The van der Waals surface area contributed by atoms with Gasteiger partial charge in [0.2, 0.25) is 11.4 Å². The molecule has 2 N–H and O–H groups in total. The number of nitrogens with one attached hydrogen (secondary N) is 2. The van der Waals surface area contributed by atoms with E-state index in [9.17, 15) is 22.8 Å². The largest absolute Gasteiger partial charge is 0.481 e. The van der Waals surface area contributed by atoms with Crippen LogP contribution in [-0.2, 0) is 6.18 Å². The molecule has 1 saturated heterocycles. The molecule has 240 valence electrons. The van der Waals surface area contributed by atoms with Crippen LogP contribution in [0.4, 0.5) is 39.1 Å². The van der Waals surface area contributed by atoms with E-state index < -0.39 is 46.1 Å². The molecule has 2 atom stereocenters. The van der Waals surface area contributed by atoms with Gasteiger partial charge in [-0.1, -0.05) is 6.08 Å². The molecular weight excluding hydrogens is 601 g/mol. The second-order valence-corrected chi connectivity index (χ2v) is 11.1. The summed E-state index contributed by atoms with van der Waals surface area (Å²) in [5.74, 6) is -2.37. The topological polar surface area (TPSA) is 107 Å². The van der Waals surface area contributed by atoms with Crippen LogP contribution in [0.3, 0.4) is 0 Å². The minimum Gasteiger partial charge on any atom is -0.481 e. The number of methoxy groups -OCH3 is 1. The van der Waals surface area contributed by atoms with Crippen molar-refractivity contribution >= 4 is 28.7 Å². The van der Waals surface area contributed by atoms with Gasteiger partial charge in [0.1, 0.15) is 12.1 Å². The Morgan fingerprint density at radius 3 is 2.40 bits per heavy atom. The predicted octanol–water partition coefficient (Wildman–Crippen LogP) is 4.55. The number of ether oxygens (including phenoxy) is 1. The SMILES string of the molecule is COc1cc(N2CC=C(c3c(F)c(NC(=O)c4c[nH]c(=O)cc4C(F)(F)F)cc(N4C[C@@H](C)N(C)[C@@H](C)C4)c3F)CC2)ncn1. The van der Waals surface area contributed by atoms with Crippen molar-refractivity contribution in [3.05, 3.63) is 75.5 Å². The summed E-state index contributed by atoms with van der Waals surface area (Å²) in [7, 11) is 3.41. The number of carbonyl (C=O) groups is 1. The Morgan fingerprint density at radius 2 is 1.78 bits per heavy atom. The van der Waals surface area contributed by atoms with E-state index in [4.69, 9.17) is 4.74 Å². The van der Waals surface area contributed by atoms with Gasteiger partial charge in [-0.2, -0.15) is 13.2 Å². The van der Waals surface area contributed by atoms with E-state index in [0.717, 1.165) is 6.07 Å². The minimum atomic E-state index is -5.03. The zero-order valence-corrected chi connectivity index (χ0v) is 25.0. The van der Waals surface area contributed by atoms with E-state index in [1.54, 1.807) is 17.0 Å². The highest BCUT2D eigenvalue weighted by atomic mass is 19.4. The lowest BCUT2D eigenvalue weighted by Gasteiger charge is -2.43. The van der Waals surface area contributed by atoms with Crippen molar-refractivity contribution in [1.29, 1.82) is 0 Å². The quantitative estimate of drug-likeness (QED) is 0.381. The average molecular weight is 634 g/mol. The Balaban J connectivity index is 1.56. The summed E-state index contributed by atoms with van der Waals surface area (Å²) >= 11 is 0. The molecule has 10 nitrogen and oxygen atoms in total. The number of amides is 1. The number of pyridine rings is 1. The van der Waals surface area contributed by atoms with Gasteiger partial charge in [0.05, 0.1) is 35.2 Å². The fourth-order valence-electron chi connectivity index (χ4n) is 5.63. The number of anilines is 3. The molecule has 0 bridgehead atoms. The lowest BCUT2D eigenvalue weighted by molar-refractivity contribution is -0.138. The molecule has 2 aliphatic heterocycles. The first-order valence-corrected chi connectivity index (χ1v) is 14.2. The van der Waals surface area contributed by atoms with Crippen molar-refractivity contribution in [2.75, 3.05) is 55.5 Å². The number of aromatic amines is 1. The number of alkyl halides is 3. The molecular formula is C30H32F5N7O3. The normalized spacial score (nSPS) is 19.4. The summed E-state index contributed by atoms with van der Waals surface area (Å²) < 4.78 is 78.8. The van der Waals surface area contributed by atoms with Crippen molar-refractivity contribution in [2.45, 2.75) is 38.5 Å². The zero-order chi connectivity index (χ0) is 32.6. The molecule has 0 unspecified atom stereocenters. The van der Waals surface area contributed by atoms with E-state index in [2.05, 4.69) is 25.2 Å². The molecule has 5 rings (SSSR count). The first kappa shape index (κ1) is 31.9. The van der Waals surface area contributed by atoms with Gasteiger partial charge in [0.25, 0.3) is 5.91 Å². The van der Waals surface area contributed by atoms with E-state index in [0.29, 0.717) is 43.1 Å². The second kappa shape index (κ2) is 12.5. The minimum absolute atomic E-state index is 0.00230. The van der Waals surface area contributed by atoms with Crippen molar-refractivity contribution in [2.24, 2.45) is 0 Å². The maximum atomic E-state index is 16.4. The number of H-pyrrole nitrogens is 1. The lowest BCUT2D eigenvalue weighted by Crippen LogP contribution is -2.55. The van der Waals surface area contributed by atoms with E-state index >= 15 is 8.78 Å². The van der Waals surface area contributed by atoms with Crippen LogP contribution in [0.25, 0.3) is 5.57 Å². The number of carbonyl (C=O) groups excluding carboxylic acids is 1. The number of halogens is 5. The Morgan fingerprint density at radius 1 is 1.07 bits per heavy atom. The predicted molar refractivity (Wildman–Crippen MR) is 159 cm³/mol. The maximum absolute atomic E-state index is 16.4. The van der Waals surface area contributed by atoms with E-state index in [1.165, 1.54) is 13.4 Å². The molecule has 3 aromatic rings. The third-order valence-electron chi connectivity index (χ3n) is 8.30. The number of benzene rings is 1. The molecule has 1 aromatic carbocycles. The van der Waals surface area contributed by atoms with Crippen LogP contribution in [-0.4, -0.2) is 78.2 Å². The first-order valence-electron chi connectivity index (χ1n) is 14.2. The molecule has 0 saturated carbocycles. The Bertz CT molecular complexity index is 1680. The molecule has 2 aromatic heterocycles. The number of hydrogen-bond acceptors (Lipinski definition) is 8. The van der Waals surface area contributed by atoms with Crippen LogP contribution < -0.4 is 25.4 Å². The van der Waals surface area contributed by atoms with Gasteiger partial charge < -0.3 is 24.8 Å². The molecule has 0 spiro atoms. The monoisotopic (exact) mass is 633 g/mol. The van der Waals surface area contributed by atoms with E-state index in [1.807, 2.05) is 25.8 Å². The summed E-state index contributed by atoms with van der Waals surface area (Å²) in [6.07, 6.45) is -1.22. The van der Waals surface area contributed by atoms with Crippen molar-refractivity contribution in [3.63, 3.8) is 0 Å². The van der Waals surface area contributed by atoms with Crippen LogP contribution in [0.1, 0.15) is 41.8 Å². The molecule has 15 heteroatoms. The Labute approximate surface area is 255 Å². The van der Waals surface area contributed by atoms with Crippen molar-refractivity contribution < 1.29 is 31.5 Å². The summed E-state index contributed by atoms with van der Waals surface area (Å²) in [6, 6.07) is 3.00. The fraction of sp³-hybridized carbons (Fsp3) is 0.400. The fourth-order valence-corrected chi connectivity index (χ4v) is 5.63. The standard InChI is InChI=1S/C30H32F5N7O3/c1-16-13-42(14-17(2)40(16)3)22-10-21(39-29(44)19-12-36-24(43)9-20(19)30(33,34)35)27(31)26(28(22)32)18-5-7-41(8-6-18)23-11-25(45-4)38-15-37-23/h5,9-12,15-17H,6-8,13-14H2,1-4H3,(H,36,43)(H,39,44)/t16-,17+. The third kappa shape index (κ3) is 6.48. The highest BCUT2D eigenvalue weighted by molar-refractivity contribution is 6.05. The Hall–Kier alpha value is -4.53. The van der Waals surface area contributed by atoms with Crippen molar-refractivity contribution in [1.82, 2.24) is 19.9 Å². The number of likely N-dealkylation sites (N-methyl/N-ethyl adjacent to an activating group) is 1. The third-order valence-corrected chi connectivity index (χ3v) is 8.30. The van der Waals surface area contributed by atoms with Crippen LogP contribution in [0.2, 0.25) is 0 Å². The summed E-state index contributed by atoms with van der Waals surface area (Å²) in [6.45, 7) is 5.28. The summed E-state index contributed by atoms with van der Waals surface area (Å²) in [5, 5.41) is 2.21. The maximum Gasteiger partial charge on any atom is 0.417 e. The van der Waals surface area contributed by atoms with Gasteiger partial charge >= 0.3 is 6.18 Å². The molecule has 0 aliphatic carbocycles. The second-order valence-electron chi connectivity index (χ2n) is 11.1. The van der Waals surface area contributed by atoms with Crippen LogP contribution in [0.5, 0.6) is 5.88 Å².